The van der Waals surface area contributed by atoms with E-state index in [9.17, 15) is 22.0 Å². The molecule has 2 aromatic heterocycles. The standard InChI is InChI=1S/C21H13F7N6O/c22-13-3-6-15(17(23)9-13)16(10-34-11-29-32-33-34)20(24,25)19-8-7-18(30-31-19)12-1-4-14(5-2-12)35-21(26,27)28/h1-9,11,16H,10H2. The van der Waals surface area contributed by atoms with Crippen LogP contribution in [0.5, 0.6) is 5.75 Å². The van der Waals surface area contributed by atoms with Crippen LogP contribution in [-0.4, -0.2) is 36.8 Å². The maximum Gasteiger partial charge on any atom is 0.573 e. The monoisotopic (exact) mass is 498 g/mol. The minimum absolute atomic E-state index is 0.0908. The van der Waals surface area contributed by atoms with Crippen molar-refractivity contribution in [3.05, 3.63) is 83.8 Å². The molecule has 0 N–H and O–H groups in total. The van der Waals surface area contributed by atoms with Gasteiger partial charge in [0.15, 0.2) is 0 Å². The molecule has 0 saturated heterocycles. The molecule has 0 radical (unpaired) electrons. The second-order valence-corrected chi connectivity index (χ2v) is 7.25. The van der Waals surface area contributed by atoms with E-state index in [1.54, 1.807) is 0 Å². The zero-order valence-electron chi connectivity index (χ0n) is 17.3. The molecule has 0 bridgehead atoms. The van der Waals surface area contributed by atoms with Crippen molar-refractivity contribution < 1.29 is 35.5 Å². The maximum absolute atomic E-state index is 15.6. The first-order valence-electron chi connectivity index (χ1n) is 9.77. The van der Waals surface area contributed by atoms with Gasteiger partial charge >= 0.3 is 6.36 Å². The quantitative estimate of drug-likeness (QED) is 0.338. The predicted octanol–water partition coefficient (Wildman–Crippen LogP) is 4.88. The first-order chi connectivity index (χ1) is 16.5. The first-order valence-corrected chi connectivity index (χ1v) is 9.77. The lowest BCUT2D eigenvalue weighted by atomic mass is 9.89. The van der Waals surface area contributed by atoms with Crippen LogP contribution >= 0.6 is 0 Å². The van der Waals surface area contributed by atoms with Crippen LogP contribution in [0.4, 0.5) is 30.7 Å². The highest BCUT2D eigenvalue weighted by molar-refractivity contribution is 5.59. The molecule has 0 aliphatic rings. The summed E-state index contributed by atoms with van der Waals surface area (Å²) in [6, 6.07) is 8.94. The first kappa shape index (κ1) is 24.0. The van der Waals surface area contributed by atoms with Crippen molar-refractivity contribution in [2.45, 2.75) is 24.7 Å². The fraction of sp³-hybridized carbons (Fsp3) is 0.190. The van der Waals surface area contributed by atoms with Gasteiger partial charge in [0.2, 0.25) is 0 Å². The predicted molar refractivity (Wildman–Crippen MR) is 105 cm³/mol. The van der Waals surface area contributed by atoms with E-state index in [1.165, 1.54) is 18.2 Å². The molecular weight excluding hydrogens is 485 g/mol. The molecule has 14 heteroatoms. The molecule has 1 unspecified atom stereocenters. The minimum Gasteiger partial charge on any atom is -0.406 e. The molecule has 182 valence electrons. The highest BCUT2D eigenvalue weighted by Crippen LogP contribution is 2.43. The summed E-state index contributed by atoms with van der Waals surface area (Å²) in [5.74, 6) is -8.28. The van der Waals surface area contributed by atoms with E-state index in [4.69, 9.17) is 0 Å². The van der Waals surface area contributed by atoms with E-state index >= 15 is 8.78 Å². The second kappa shape index (κ2) is 9.27. The summed E-state index contributed by atoms with van der Waals surface area (Å²) in [5.41, 5.74) is -0.928. The molecule has 4 rings (SSSR count). The summed E-state index contributed by atoms with van der Waals surface area (Å²) in [7, 11) is 0. The molecule has 7 nitrogen and oxygen atoms in total. The van der Waals surface area contributed by atoms with Gasteiger partial charge in [-0.15, -0.1) is 23.4 Å². The third kappa shape index (κ3) is 5.53. The number of aromatic nitrogens is 6. The van der Waals surface area contributed by atoms with Gasteiger partial charge in [0.05, 0.1) is 18.2 Å². The van der Waals surface area contributed by atoms with E-state index in [1.807, 2.05) is 0 Å². The van der Waals surface area contributed by atoms with Crippen LogP contribution in [0.15, 0.2) is 60.9 Å². The molecule has 0 fully saturated rings. The zero-order valence-corrected chi connectivity index (χ0v) is 17.3. The smallest absolute Gasteiger partial charge is 0.406 e. The third-order valence-corrected chi connectivity index (χ3v) is 4.93. The summed E-state index contributed by atoms with van der Waals surface area (Å²) in [5, 5.41) is 17.6. The molecule has 0 spiro atoms. The van der Waals surface area contributed by atoms with Gasteiger partial charge in [-0.05, 0) is 58.5 Å². The van der Waals surface area contributed by atoms with E-state index in [-0.39, 0.29) is 11.3 Å². The van der Waals surface area contributed by atoms with E-state index in [0.29, 0.717) is 6.07 Å². The van der Waals surface area contributed by atoms with Gasteiger partial charge in [0.1, 0.15) is 29.4 Å². The highest BCUT2D eigenvalue weighted by Gasteiger charge is 2.46. The topological polar surface area (TPSA) is 78.6 Å². The van der Waals surface area contributed by atoms with Crippen molar-refractivity contribution in [3.8, 4) is 17.0 Å². The molecule has 35 heavy (non-hydrogen) atoms. The SMILES string of the molecule is Fc1ccc(C(Cn2cnnn2)C(F)(F)c2ccc(-c3ccc(OC(F)(F)F)cc3)nn2)c(F)c1. The number of rotatable bonds is 7. The summed E-state index contributed by atoms with van der Waals surface area (Å²) in [6.07, 6.45) is -3.80. The zero-order chi connectivity index (χ0) is 25.2. The van der Waals surface area contributed by atoms with Crippen LogP contribution in [0.2, 0.25) is 0 Å². The molecule has 1 atom stereocenters. The van der Waals surface area contributed by atoms with Crippen molar-refractivity contribution in [2.24, 2.45) is 0 Å². The van der Waals surface area contributed by atoms with Gasteiger partial charge in [-0.25, -0.2) is 13.5 Å². The molecule has 0 saturated carbocycles. The van der Waals surface area contributed by atoms with Crippen molar-refractivity contribution in [1.29, 1.82) is 0 Å². The highest BCUT2D eigenvalue weighted by atomic mass is 19.4. The van der Waals surface area contributed by atoms with Gasteiger partial charge in [-0.2, -0.15) is 13.9 Å². The van der Waals surface area contributed by atoms with Crippen LogP contribution < -0.4 is 4.74 Å². The van der Waals surface area contributed by atoms with Crippen molar-refractivity contribution in [1.82, 2.24) is 30.4 Å². The van der Waals surface area contributed by atoms with Crippen molar-refractivity contribution in [2.75, 3.05) is 0 Å². The number of alkyl halides is 5. The van der Waals surface area contributed by atoms with Gasteiger partial charge in [-0.1, -0.05) is 6.07 Å². The minimum atomic E-state index is -4.86. The van der Waals surface area contributed by atoms with Crippen LogP contribution in [0.25, 0.3) is 11.3 Å². The van der Waals surface area contributed by atoms with Gasteiger partial charge < -0.3 is 4.74 Å². The molecule has 0 aliphatic carbocycles. The van der Waals surface area contributed by atoms with Gasteiger partial charge in [-0.3, -0.25) is 0 Å². The molecule has 2 heterocycles. The Bertz CT molecular complexity index is 1280. The lowest BCUT2D eigenvalue weighted by Crippen LogP contribution is -2.30. The summed E-state index contributed by atoms with van der Waals surface area (Å²) in [6.45, 7) is -0.563. The summed E-state index contributed by atoms with van der Waals surface area (Å²) in [4.78, 5) is 0. The van der Waals surface area contributed by atoms with E-state index < -0.39 is 53.4 Å². The van der Waals surface area contributed by atoms with Crippen molar-refractivity contribution >= 4 is 0 Å². The summed E-state index contributed by atoms with van der Waals surface area (Å²) < 4.78 is 101. The summed E-state index contributed by atoms with van der Waals surface area (Å²) >= 11 is 0. The number of benzene rings is 2. The number of halogens is 7. The molecule has 0 amide bonds. The maximum atomic E-state index is 15.6. The van der Waals surface area contributed by atoms with Gasteiger partial charge in [0.25, 0.3) is 5.92 Å². The van der Waals surface area contributed by atoms with Gasteiger partial charge in [0, 0.05) is 11.6 Å². The van der Waals surface area contributed by atoms with Crippen LogP contribution in [0, 0.1) is 11.6 Å². The fourth-order valence-corrected chi connectivity index (χ4v) is 3.31. The second-order valence-electron chi connectivity index (χ2n) is 7.25. The number of ether oxygens (including phenoxy) is 1. The number of tetrazole rings is 1. The molecule has 0 aliphatic heterocycles. The number of nitrogens with zero attached hydrogens (tertiary/aromatic N) is 6. The largest absolute Gasteiger partial charge is 0.573 e. The number of hydrogen-bond acceptors (Lipinski definition) is 6. The third-order valence-electron chi connectivity index (χ3n) is 4.93. The molecule has 2 aromatic carbocycles. The Morgan fingerprint density at radius 1 is 0.886 bits per heavy atom. The fourth-order valence-electron chi connectivity index (χ4n) is 3.31. The Labute approximate surface area is 192 Å². The number of hydrogen-bond donors (Lipinski definition) is 0. The Hall–Kier alpha value is -4.10. The normalized spacial score (nSPS) is 13.0. The van der Waals surface area contributed by atoms with Crippen LogP contribution in [-0.2, 0) is 12.5 Å². The average molecular weight is 498 g/mol. The Morgan fingerprint density at radius 3 is 2.20 bits per heavy atom. The lowest BCUT2D eigenvalue weighted by molar-refractivity contribution is -0.274. The Kier molecular flexibility index (Phi) is 6.37. The Morgan fingerprint density at radius 2 is 1.63 bits per heavy atom. The van der Waals surface area contributed by atoms with Crippen LogP contribution in [0.3, 0.4) is 0 Å². The van der Waals surface area contributed by atoms with E-state index in [2.05, 4.69) is 30.5 Å². The Balaban J connectivity index is 1.63. The van der Waals surface area contributed by atoms with E-state index in [0.717, 1.165) is 41.3 Å². The lowest BCUT2D eigenvalue weighted by Gasteiger charge is -2.26. The molecule has 4 aromatic rings. The average Bonchev–Trinajstić information content (AvgIpc) is 3.31. The molecular formula is C21H13F7N6O. The van der Waals surface area contributed by atoms with Crippen LogP contribution in [0.1, 0.15) is 17.2 Å². The van der Waals surface area contributed by atoms with Crippen molar-refractivity contribution in [3.63, 3.8) is 0 Å².